The monoisotopic (exact) mass is 209 g/mol. The number of alkyl carbamates (subject to hydrolysis) is 1. The molecule has 0 bridgehead atoms. The molecule has 0 radical (unpaired) electrons. The topological polar surface area (TPSA) is 55.4 Å². The first kappa shape index (κ1) is 12.8. The van der Waals surface area contributed by atoms with Crippen LogP contribution in [0.4, 0.5) is 13.6 Å². The summed E-state index contributed by atoms with van der Waals surface area (Å²) in [7, 11) is 0. The van der Waals surface area contributed by atoms with Crippen molar-refractivity contribution in [2.45, 2.75) is 38.8 Å². The van der Waals surface area contributed by atoms with Gasteiger partial charge in [-0.3, -0.25) is 0 Å². The molecule has 0 saturated heterocycles. The lowest BCUT2D eigenvalue weighted by atomic mass is 10.2. The third-order valence-electron chi connectivity index (χ3n) is 1.10. The predicted molar refractivity (Wildman–Crippen MR) is 45.2 cm³/mol. The maximum atomic E-state index is 12.0. The quantitative estimate of drug-likeness (QED) is 0.713. The molecule has 14 heavy (non-hydrogen) atoms. The van der Waals surface area contributed by atoms with Gasteiger partial charge < -0.3 is 14.8 Å². The van der Waals surface area contributed by atoms with Gasteiger partial charge in [0.2, 0.25) is 0 Å². The number of hydrogen-bond donors (Lipinski definition) is 1. The number of amides is 1. The van der Waals surface area contributed by atoms with Gasteiger partial charge in [0.25, 0.3) is 6.43 Å². The van der Waals surface area contributed by atoms with Crippen molar-refractivity contribution in [2.24, 2.45) is 0 Å². The number of carbonyl (C=O) groups is 2. The van der Waals surface area contributed by atoms with E-state index in [1.807, 2.05) is 0 Å². The average molecular weight is 209 g/mol. The maximum Gasteiger partial charge on any atom is 0.408 e. The van der Waals surface area contributed by atoms with Gasteiger partial charge in [-0.1, -0.05) is 0 Å². The standard InChI is InChI=1S/C8H13F2NO3/c1-8(2,3)14-7(13)11-5(4-12)6(9)10/h4-6H,1-3H3,(H,11,13). The first-order chi connectivity index (χ1) is 6.26. The van der Waals surface area contributed by atoms with Gasteiger partial charge in [0.05, 0.1) is 0 Å². The van der Waals surface area contributed by atoms with Crippen LogP contribution in [0.1, 0.15) is 20.8 Å². The van der Waals surface area contributed by atoms with E-state index in [9.17, 15) is 18.4 Å². The molecule has 1 N–H and O–H groups in total. The minimum atomic E-state index is -2.93. The molecule has 0 aromatic heterocycles. The molecule has 0 rings (SSSR count). The third-order valence-corrected chi connectivity index (χ3v) is 1.10. The molecule has 0 spiro atoms. The molecule has 6 heteroatoms. The largest absolute Gasteiger partial charge is 0.444 e. The van der Waals surface area contributed by atoms with Gasteiger partial charge in [-0.05, 0) is 20.8 Å². The molecule has 0 heterocycles. The Morgan fingerprint density at radius 2 is 1.93 bits per heavy atom. The van der Waals surface area contributed by atoms with Crippen molar-refractivity contribution in [1.29, 1.82) is 0 Å². The summed E-state index contributed by atoms with van der Waals surface area (Å²) in [5, 5.41) is 1.74. The molecule has 1 amide bonds. The Labute approximate surface area is 80.6 Å². The van der Waals surface area contributed by atoms with Gasteiger partial charge in [-0.15, -0.1) is 0 Å². The molecule has 1 unspecified atom stereocenters. The third kappa shape index (κ3) is 5.45. The van der Waals surface area contributed by atoms with Crippen LogP contribution in [-0.2, 0) is 9.53 Å². The second kappa shape index (κ2) is 4.88. The van der Waals surface area contributed by atoms with Crippen LogP contribution in [0.5, 0.6) is 0 Å². The molecule has 0 aliphatic heterocycles. The molecule has 1 atom stereocenters. The Hall–Kier alpha value is -1.20. The first-order valence-electron chi connectivity index (χ1n) is 3.99. The molecule has 0 aliphatic rings. The highest BCUT2D eigenvalue weighted by Crippen LogP contribution is 2.07. The van der Waals surface area contributed by atoms with E-state index in [0.29, 0.717) is 0 Å². The fourth-order valence-electron chi connectivity index (χ4n) is 0.600. The molecule has 0 aromatic carbocycles. The van der Waals surface area contributed by atoms with E-state index in [0.717, 1.165) is 0 Å². The molecular formula is C8H13F2NO3. The minimum Gasteiger partial charge on any atom is -0.444 e. The first-order valence-corrected chi connectivity index (χ1v) is 3.99. The Kier molecular flexibility index (Phi) is 4.46. The molecule has 0 saturated carbocycles. The fraction of sp³-hybridized carbons (Fsp3) is 0.750. The van der Waals surface area contributed by atoms with Gasteiger partial charge in [-0.25, -0.2) is 13.6 Å². The van der Waals surface area contributed by atoms with Gasteiger partial charge in [-0.2, -0.15) is 0 Å². The van der Waals surface area contributed by atoms with Crippen molar-refractivity contribution in [3.8, 4) is 0 Å². The van der Waals surface area contributed by atoms with E-state index in [4.69, 9.17) is 0 Å². The van der Waals surface area contributed by atoms with Gasteiger partial charge in [0.15, 0.2) is 0 Å². The lowest BCUT2D eigenvalue weighted by molar-refractivity contribution is -0.112. The zero-order chi connectivity index (χ0) is 11.4. The van der Waals surface area contributed by atoms with Crippen molar-refractivity contribution < 1.29 is 23.1 Å². The van der Waals surface area contributed by atoms with Crippen LogP contribution in [0.15, 0.2) is 0 Å². The minimum absolute atomic E-state index is 0.0331. The molecular weight excluding hydrogens is 196 g/mol. The number of rotatable bonds is 3. The van der Waals surface area contributed by atoms with Gasteiger partial charge >= 0.3 is 6.09 Å². The second-order valence-corrected chi connectivity index (χ2v) is 3.64. The fourth-order valence-corrected chi connectivity index (χ4v) is 0.600. The number of nitrogens with one attached hydrogen (secondary N) is 1. The Morgan fingerprint density at radius 1 is 1.43 bits per heavy atom. The summed E-state index contributed by atoms with van der Waals surface area (Å²) in [5.41, 5.74) is -0.778. The van der Waals surface area contributed by atoms with Crippen LogP contribution in [0, 0.1) is 0 Å². The van der Waals surface area contributed by atoms with Crippen molar-refractivity contribution >= 4 is 12.4 Å². The molecule has 0 fully saturated rings. The number of hydrogen-bond acceptors (Lipinski definition) is 3. The summed E-state index contributed by atoms with van der Waals surface area (Å²) < 4.78 is 28.7. The Balaban J connectivity index is 4.11. The van der Waals surface area contributed by atoms with Crippen molar-refractivity contribution in [1.82, 2.24) is 5.32 Å². The van der Waals surface area contributed by atoms with Gasteiger partial charge in [0.1, 0.15) is 17.9 Å². The highest BCUT2D eigenvalue weighted by molar-refractivity contribution is 5.73. The molecule has 4 nitrogen and oxygen atoms in total. The Bertz CT molecular complexity index is 213. The predicted octanol–water partition coefficient (Wildman–Crippen LogP) is 1.34. The number of aldehydes is 1. The second-order valence-electron chi connectivity index (χ2n) is 3.64. The highest BCUT2D eigenvalue weighted by atomic mass is 19.3. The summed E-state index contributed by atoms with van der Waals surface area (Å²) in [6.45, 7) is 4.76. The molecule has 82 valence electrons. The van der Waals surface area contributed by atoms with E-state index >= 15 is 0 Å². The summed E-state index contributed by atoms with van der Waals surface area (Å²) in [4.78, 5) is 21.0. The molecule has 0 aromatic rings. The summed E-state index contributed by atoms with van der Waals surface area (Å²) in [6.07, 6.45) is -4.00. The van der Waals surface area contributed by atoms with Crippen LogP contribution < -0.4 is 5.32 Å². The van der Waals surface area contributed by atoms with Crippen molar-refractivity contribution in [2.75, 3.05) is 0 Å². The zero-order valence-corrected chi connectivity index (χ0v) is 8.21. The van der Waals surface area contributed by atoms with Crippen LogP contribution in [0.25, 0.3) is 0 Å². The van der Waals surface area contributed by atoms with Crippen LogP contribution in [0.3, 0.4) is 0 Å². The summed E-state index contributed by atoms with van der Waals surface area (Å²) >= 11 is 0. The Morgan fingerprint density at radius 3 is 2.21 bits per heavy atom. The normalized spacial score (nSPS) is 13.6. The van der Waals surface area contributed by atoms with E-state index < -0.39 is 24.2 Å². The van der Waals surface area contributed by atoms with Crippen LogP contribution in [-0.4, -0.2) is 30.4 Å². The maximum absolute atomic E-state index is 12.0. The lowest BCUT2D eigenvalue weighted by Gasteiger charge is -2.21. The smallest absolute Gasteiger partial charge is 0.408 e. The van der Waals surface area contributed by atoms with Gasteiger partial charge in [0, 0.05) is 0 Å². The van der Waals surface area contributed by atoms with Crippen molar-refractivity contribution in [3.63, 3.8) is 0 Å². The van der Waals surface area contributed by atoms with E-state index in [1.165, 1.54) is 0 Å². The average Bonchev–Trinajstić information content (AvgIpc) is 1.96. The van der Waals surface area contributed by atoms with E-state index in [1.54, 1.807) is 26.1 Å². The highest BCUT2D eigenvalue weighted by Gasteiger charge is 2.24. The van der Waals surface area contributed by atoms with E-state index in [-0.39, 0.29) is 6.29 Å². The molecule has 0 aliphatic carbocycles. The number of alkyl halides is 2. The summed E-state index contributed by atoms with van der Waals surface area (Å²) in [6, 6.07) is -1.81. The van der Waals surface area contributed by atoms with Crippen LogP contribution in [0.2, 0.25) is 0 Å². The van der Waals surface area contributed by atoms with Crippen molar-refractivity contribution in [3.05, 3.63) is 0 Å². The number of halogens is 2. The zero-order valence-electron chi connectivity index (χ0n) is 8.21. The summed E-state index contributed by atoms with van der Waals surface area (Å²) in [5.74, 6) is 0. The number of ether oxygens (including phenoxy) is 1. The lowest BCUT2D eigenvalue weighted by Crippen LogP contribution is -2.43. The SMILES string of the molecule is CC(C)(C)OC(=O)NC(C=O)C(F)F. The van der Waals surface area contributed by atoms with E-state index in [2.05, 4.69) is 4.74 Å². The number of carbonyl (C=O) groups excluding carboxylic acids is 2. The van der Waals surface area contributed by atoms with Crippen LogP contribution >= 0.6 is 0 Å².